The van der Waals surface area contributed by atoms with E-state index in [0.717, 1.165) is 29.5 Å². The van der Waals surface area contributed by atoms with Crippen LogP contribution in [-0.2, 0) is 27.4 Å². The van der Waals surface area contributed by atoms with Crippen LogP contribution in [0.25, 0.3) is 10.2 Å². The second-order valence-electron chi connectivity index (χ2n) is 9.49. The van der Waals surface area contributed by atoms with E-state index in [4.69, 9.17) is 4.74 Å². The Morgan fingerprint density at radius 2 is 2.06 bits per heavy atom. The highest BCUT2D eigenvalue weighted by Crippen LogP contribution is 2.41. The Labute approximate surface area is 210 Å². The van der Waals surface area contributed by atoms with Gasteiger partial charge in [-0.15, -0.1) is 11.3 Å². The molecule has 184 valence electrons. The number of carbonyl (C=O) groups excluding carboxylic acids is 4. The number of piperidine rings is 1. The number of imide groups is 1. The Kier molecular flexibility index (Phi) is 5.67. The molecule has 0 bridgehead atoms. The number of rotatable bonds is 5. The number of benzene rings is 2. The fourth-order valence-electron chi connectivity index (χ4n) is 5.23. The fraction of sp³-hybridized carbons (Fsp3) is 0.346. The van der Waals surface area contributed by atoms with Gasteiger partial charge in [-0.25, -0.2) is 9.78 Å². The Hall–Kier alpha value is -3.79. The smallest absolute Gasteiger partial charge is 0.407 e. The van der Waals surface area contributed by atoms with E-state index >= 15 is 0 Å². The van der Waals surface area contributed by atoms with Gasteiger partial charge >= 0.3 is 6.09 Å². The number of hydrogen-bond donors (Lipinski definition) is 2. The van der Waals surface area contributed by atoms with Gasteiger partial charge in [-0.1, -0.05) is 24.3 Å². The van der Waals surface area contributed by atoms with E-state index < -0.39 is 18.0 Å². The Morgan fingerprint density at radius 1 is 1.19 bits per heavy atom. The van der Waals surface area contributed by atoms with Gasteiger partial charge in [0, 0.05) is 25.1 Å². The highest BCUT2D eigenvalue weighted by Gasteiger charge is 2.39. The molecule has 3 aromatic rings. The van der Waals surface area contributed by atoms with E-state index in [1.54, 1.807) is 17.4 Å². The molecule has 0 radical (unpaired) electrons. The van der Waals surface area contributed by atoms with E-state index in [2.05, 4.69) is 27.8 Å². The van der Waals surface area contributed by atoms with Gasteiger partial charge in [0.25, 0.3) is 5.91 Å². The lowest BCUT2D eigenvalue weighted by atomic mass is 9.77. The van der Waals surface area contributed by atoms with Gasteiger partial charge in [-0.2, -0.15) is 0 Å². The van der Waals surface area contributed by atoms with Crippen molar-refractivity contribution in [1.82, 2.24) is 20.5 Å². The van der Waals surface area contributed by atoms with Crippen molar-refractivity contribution in [2.24, 2.45) is 0 Å². The third-order valence-corrected chi connectivity index (χ3v) is 8.02. The van der Waals surface area contributed by atoms with E-state index in [1.807, 2.05) is 23.7 Å². The number of aromatic nitrogens is 1. The molecular weight excluding hydrogens is 480 g/mol. The van der Waals surface area contributed by atoms with Gasteiger partial charge < -0.3 is 15.0 Å². The highest BCUT2D eigenvalue weighted by atomic mass is 32.1. The van der Waals surface area contributed by atoms with Crippen molar-refractivity contribution in [3.8, 4) is 0 Å². The number of nitrogens with zero attached hydrogens (tertiary/aromatic N) is 2. The molecule has 3 heterocycles. The first kappa shape index (κ1) is 22.7. The quantitative estimate of drug-likeness (QED) is 0.515. The van der Waals surface area contributed by atoms with Gasteiger partial charge in [0.1, 0.15) is 12.1 Å². The summed E-state index contributed by atoms with van der Waals surface area (Å²) in [7, 11) is 0. The third kappa shape index (κ3) is 4.11. The Balaban J connectivity index is 1.01. The number of para-hydroxylation sites is 1. The maximum absolute atomic E-state index is 13.0. The van der Waals surface area contributed by atoms with Crippen molar-refractivity contribution in [3.63, 3.8) is 0 Å². The predicted molar refractivity (Wildman–Crippen MR) is 131 cm³/mol. The van der Waals surface area contributed by atoms with E-state index in [1.165, 1.54) is 15.2 Å². The molecule has 2 aliphatic heterocycles. The van der Waals surface area contributed by atoms with Crippen LogP contribution < -0.4 is 10.6 Å². The summed E-state index contributed by atoms with van der Waals surface area (Å²) in [5.41, 5.74) is 6.22. The van der Waals surface area contributed by atoms with Crippen LogP contribution in [0.15, 0.2) is 41.9 Å². The molecule has 1 aromatic heterocycles. The first-order valence-corrected chi connectivity index (χ1v) is 12.9. The second-order valence-corrected chi connectivity index (χ2v) is 10.4. The summed E-state index contributed by atoms with van der Waals surface area (Å²) in [4.78, 5) is 54.9. The molecule has 3 aliphatic rings. The molecule has 2 aromatic carbocycles. The van der Waals surface area contributed by atoms with Gasteiger partial charge in [0.15, 0.2) is 0 Å². The fourth-order valence-corrected chi connectivity index (χ4v) is 5.94. The molecule has 10 heteroatoms. The molecule has 4 amide bonds. The summed E-state index contributed by atoms with van der Waals surface area (Å²) in [6.07, 6.45) is 1.47. The average molecular weight is 505 g/mol. The average Bonchev–Trinajstić information content (AvgIpc) is 3.45. The lowest BCUT2D eigenvalue weighted by Crippen LogP contribution is -2.52. The molecule has 1 saturated carbocycles. The molecule has 1 saturated heterocycles. The van der Waals surface area contributed by atoms with E-state index in [9.17, 15) is 19.2 Å². The maximum atomic E-state index is 13.0. The number of amides is 4. The van der Waals surface area contributed by atoms with E-state index in [-0.39, 0.29) is 30.9 Å². The predicted octanol–water partition coefficient (Wildman–Crippen LogP) is 3.23. The summed E-state index contributed by atoms with van der Waals surface area (Å²) in [6.45, 7) is 0.555. The van der Waals surface area contributed by atoms with E-state index in [0.29, 0.717) is 24.4 Å². The largest absolute Gasteiger partial charge is 0.446 e. The summed E-state index contributed by atoms with van der Waals surface area (Å²) < 4.78 is 6.74. The molecule has 6 rings (SSSR count). The van der Waals surface area contributed by atoms with Gasteiger partial charge in [-0.3, -0.25) is 19.7 Å². The monoisotopic (exact) mass is 504 g/mol. The summed E-state index contributed by atoms with van der Waals surface area (Å²) in [5, 5.41) is 5.08. The molecule has 2 fully saturated rings. The highest BCUT2D eigenvalue weighted by molar-refractivity contribution is 7.16. The standard InChI is InChI=1S/C26H24N4O5S/c31-22-7-6-20(24(32)29-22)30-12-15-5-4-14(8-19(15)25(30)33)11-27-26(34)35-17-9-16(10-17)18-2-1-3-21-23(18)28-13-36-21/h1-5,8,13,16-17,20H,6-7,9-12H2,(H,27,34)(H,29,31,32)/t16?,17?,20-/m1/s1. The van der Waals surface area contributed by atoms with Crippen LogP contribution >= 0.6 is 11.3 Å². The Morgan fingerprint density at radius 3 is 2.89 bits per heavy atom. The Bertz CT molecular complexity index is 1400. The minimum absolute atomic E-state index is 0.132. The van der Waals surface area contributed by atoms with Crippen LogP contribution in [0.4, 0.5) is 4.79 Å². The van der Waals surface area contributed by atoms with Crippen molar-refractivity contribution in [3.05, 3.63) is 64.2 Å². The normalized spacial score (nSPS) is 23.3. The minimum atomic E-state index is -0.645. The SMILES string of the molecule is O=C1CC[C@@H](N2Cc3ccc(CNC(=O)OC4CC(c5cccc6scnc56)C4)cc3C2=O)C(=O)N1. The van der Waals surface area contributed by atoms with Crippen LogP contribution in [0.1, 0.15) is 58.6 Å². The molecular formula is C26H24N4O5S. The van der Waals surface area contributed by atoms with Gasteiger partial charge in [0.2, 0.25) is 11.8 Å². The molecule has 0 unspecified atom stereocenters. The number of fused-ring (bicyclic) bond motifs is 2. The molecule has 1 aliphatic carbocycles. The molecule has 36 heavy (non-hydrogen) atoms. The van der Waals surface area contributed by atoms with Crippen molar-refractivity contribution >= 4 is 45.4 Å². The van der Waals surface area contributed by atoms with Crippen molar-refractivity contribution in [2.75, 3.05) is 0 Å². The summed E-state index contributed by atoms with van der Waals surface area (Å²) in [6, 6.07) is 11.0. The van der Waals surface area contributed by atoms with Crippen LogP contribution in [-0.4, -0.2) is 45.8 Å². The number of ether oxygens (including phenoxy) is 1. The number of nitrogens with one attached hydrogen (secondary N) is 2. The summed E-state index contributed by atoms with van der Waals surface area (Å²) >= 11 is 1.62. The molecule has 1 atom stereocenters. The van der Waals surface area contributed by atoms with Crippen LogP contribution in [0.5, 0.6) is 0 Å². The van der Waals surface area contributed by atoms with Crippen molar-refractivity contribution in [1.29, 1.82) is 0 Å². The lowest BCUT2D eigenvalue weighted by Gasteiger charge is -2.35. The third-order valence-electron chi connectivity index (χ3n) is 7.23. The zero-order chi connectivity index (χ0) is 24.8. The van der Waals surface area contributed by atoms with Crippen LogP contribution in [0.3, 0.4) is 0 Å². The van der Waals surface area contributed by atoms with Crippen LogP contribution in [0.2, 0.25) is 0 Å². The number of carbonyl (C=O) groups is 4. The first-order chi connectivity index (χ1) is 17.5. The van der Waals surface area contributed by atoms with Crippen molar-refractivity contribution in [2.45, 2.75) is 56.8 Å². The van der Waals surface area contributed by atoms with Gasteiger partial charge in [0.05, 0.1) is 15.7 Å². The molecule has 0 spiro atoms. The summed E-state index contributed by atoms with van der Waals surface area (Å²) in [5.74, 6) is -0.642. The second kappa shape index (κ2) is 9.02. The topological polar surface area (TPSA) is 118 Å². The van der Waals surface area contributed by atoms with Crippen molar-refractivity contribution < 1.29 is 23.9 Å². The molecule has 2 N–H and O–H groups in total. The van der Waals surface area contributed by atoms with Gasteiger partial charge in [-0.05, 0) is 54.0 Å². The minimum Gasteiger partial charge on any atom is -0.446 e. The lowest BCUT2D eigenvalue weighted by molar-refractivity contribution is -0.136. The first-order valence-electron chi connectivity index (χ1n) is 12.0. The van der Waals surface area contributed by atoms with Crippen LogP contribution in [0, 0.1) is 0 Å². The number of alkyl carbamates (subject to hydrolysis) is 1. The number of thiazole rings is 1. The zero-order valence-corrected chi connectivity index (χ0v) is 20.2. The molecule has 9 nitrogen and oxygen atoms in total. The zero-order valence-electron chi connectivity index (χ0n) is 19.4. The number of hydrogen-bond acceptors (Lipinski definition) is 7. The maximum Gasteiger partial charge on any atom is 0.407 e.